The smallest absolute Gasteiger partial charge is 0.250 e. The lowest BCUT2D eigenvalue weighted by molar-refractivity contribution is -0.114. The van der Waals surface area contributed by atoms with Crippen LogP contribution in [0, 0.1) is 5.41 Å². The number of hydrogen-bond acceptors (Lipinski definition) is 4. The minimum Gasteiger partial charge on any atom is -0.366 e. The summed E-state index contributed by atoms with van der Waals surface area (Å²) in [6.07, 6.45) is 6.34. The van der Waals surface area contributed by atoms with Gasteiger partial charge in [0, 0.05) is 29.9 Å². The molecule has 0 bridgehead atoms. The second-order valence-electron chi connectivity index (χ2n) is 6.16. The molecule has 1 fully saturated rings. The number of nitrogens with one attached hydrogen (secondary N) is 3. The molecule has 2 atom stereocenters. The van der Waals surface area contributed by atoms with Gasteiger partial charge >= 0.3 is 0 Å². The molecule has 1 aliphatic carbocycles. The van der Waals surface area contributed by atoms with Gasteiger partial charge in [-0.3, -0.25) is 10.2 Å². The molecule has 1 saturated heterocycles. The van der Waals surface area contributed by atoms with E-state index in [1.807, 2.05) is 24.3 Å². The molecule has 0 radical (unpaired) electrons. The molecule has 0 saturated carbocycles. The zero-order valence-electron chi connectivity index (χ0n) is 13.8. The SMILES string of the molecule is N=C1C(C(N)=O)=CC=C/C1=C/Nc1ccc(C2CNCCC2F)cc1. The molecule has 25 heavy (non-hydrogen) atoms. The summed E-state index contributed by atoms with van der Waals surface area (Å²) in [6, 6.07) is 7.60. The highest BCUT2D eigenvalue weighted by Gasteiger charge is 2.25. The first-order valence-corrected chi connectivity index (χ1v) is 8.25. The van der Waals surface area contributed by atoms with Crippen LogP contribution in [0.25, 0.3) is 0 Å². The number of carbonyl (C=O) groups is 1. The van der Waals surface area contributed by atoms with E-state index in [2.05, 4.69) is 10.6 Å². The van der Waals surface area contributed by atoms with E-state index in [0.29, 0.717) is 18.5 Å². The Morgan fingerprint density at radius 3 is 2.80 bits per heavy atom. The highest BCUT2D eigenvalue weighted by Crippen LogP contribution is 2.27. The van der Waals surface area contributed by atoms with Gasteiger partial charge in [-0.05, 0) is 36.7 Å². The summed E-state index contributed by atoms with van der Waals surface area (Å²) in [5, 5.41) is 14.3. The number of piperidine rings is 1. The fraction of sp³-hybridized carbons (Fsp3) is 0.263. The number of primary amides is 1. The molecule has 1 aliphatic heterocycles. The number of amides is 1. The van der Waals surface area contributed by atoms with Crippen LogP contribution in [0.4, 0.5) is 10.1 Å². The van der Waals surface area contributed by atoms with Crippen molar-refractivity contribution in [2.24, 2.45) is 5.73 Å². The van der Waals surface area contributed by atoms with Gasteiger partial charge in [-0.2, -0.15) is 0 Å². The Bertz CT molecular complexity index is 764. The number of carbonyl (C=O) groups excluding carboxylic acids is 1. The summed E-state index contributed by atoms with van der Waals surface area (Å²) >= 11 is 0. The maximum Gasteiger partial charge on any atom is 0.250 e. The van der Waals surface area contributed by atoms with E-state index >= 15 is 0 Å². The van der Waals surface area contributed by atoms with Gasteiger partial charge in [0.05, 0.1) is 11.3 Å². The number of hydrogen-bond donors (Lipinski definition) is 4. The van der Waals surface area contributed by atoms with E-state index < -0.39 is 12.1 Å². The molecule has 5 N–H and O–H groups in total. The molecule has 0 spiro atoms. The fourth-order valence-corrected chi connectivity index (χ4v) is 3.04. The predicted molar refractivity (Wildman–Crippen MR) is 97.4 cm³/mol. The van der Waals surface area contributed by atoms with Crippen molar-refractivity contribution in [3.8, 4) is 0 Å². The van der Waals surface area contributed by atoms with Gasteiger partial charge < -0.3 is 16.4 Å². The maximum absolute atomic E-state index is 14.0. The first-order valence-electron chi connectivity index (χ1n) is 8.25. The molecule has 2 unspecified atom stereocenters. The van der Waals surface area contributed by atoms with Crippen LogP contribution in [0.1, 0.15) is 17.9 Å². The lowest BCUT2D eigenvalue weighted by Crippen LogP contribution is -2.36. The zero-order valence-corrected chi connectivity index (χ0v) is 13.8. The highest BCUT2D eigenvalue weighted by atomic mass is 19.1. The minimum absolute atomic E-state index is 0.0904. The van der Waals surface area contributed by atoms with E-state index in [1.165, 1.54) is 6.08 Å². The minimum atomic E-state index is -0.811. The third kappa shape index (κ3) is 3.85. The summed E-state index contributed by atoms with van der Waals surface area (Å²) in [6.45, 7) is 1.38. The van der Waals surface area contributed by atoms with Crippen LogP contribution in [0.5, 0.6) is 0 Å². The van der Waals surface area contributed by atoms with Gasteiger partial charge in [0.25, 0.3) is 5.91 Å². The summed E-state index contributed by atoms with van der Waals surface area (Å²) in [7, 11) is 0. The molecule has 3 rings (SSSR count). The Balaban J connectivity index is 1.68. The molecule has 1 heterocycles. The Hall–Kier alpha value is -2.73. The van der Waals surface area contributed by atoms with Crippen LogP contribution in [0.15, 0.2) is 59.8 Å². The second-order valence-corrected chi connectivity index (χ2v) is 6.16. The predicted octanol–water partition coefficient (Wildman–Crippen LogP) is 2.40. The standard InChI is InChI=1S/C19H21FN4O/c20-17-8-9-23-11-16(17)12-4-6-14(7-5-12)24-10-13-2-1-3-15(18(13)21)19(22)25/h1-7,10,16-17,21,23-24H,8-9,11H2,(H2,22,25)/b13-10-,21-18?. The number of anilines is 1. The van der Waals surface area contributed by atoms with Crippen molar-refractivity contribution in [3.05, 3.63) is 65.4 Å². The topological polar surface area (TPSA) is 91.0 Å². The van der Waals surface area contributed by atoms with Gasteiger partial charge in [-0.15, -0.1) is 0 Å². The fourth-order valence-electron chi connectivity index (χ4n) is 3.04. The second kappa shape index (κ2) is 7.44. The molecular weight excluding hydrogens is 319 g/mol. The van der Waals surface area contributed by atoms with Crippen LogP contribution in [0.2, 0.25) is 0 Å². The monoisotopic (exact) mass is 340 g/mol. The van der Waals surface area contributed by atoms with Crippen molar-refractivity contribution in [1.82, 2.24) is 5.32 Å². The number of allylic oxidation sites excluding steroid dienone is 4. The average Bonchev–Trinajstić information content (AvgIpc) is 2.61. The Morgan fingerprint density at radius 2 is 2.12 bits per heavy atom. The van der Waals surface area contributed by atoms with Crippen molar-refractivity contribution in [2.45, 2.75) is 18.5 Å². The van der Waals surface area contributed by atoms with Crippen molar-refractivity contribution < 1.29 is 9.18 Å². The van der Waals surface area contributed by atoms with E-state index in [-0.39, 0.29) is 17.2 Å². The normalized spacial score (nSPS) is 24.9. The molecular formula is C19H21FN4O. The quantitative estimate of drug-likeness (QED) is 0.678. The van der Waals surface area contributed by atoms with Crippen LogP contribution in [-0.4, -0.2) is 30.9 Å². The van der Waals surface area contributed by atoms with Crippen molar-refractivity contribution in [2.75, 3.05) is 18.4 Å². The molecule has 1 aromatic rings. The van der Waals surface area contributed by atoms with Crippen molar-refractivity contribution in [3.63, 3.8) is 0 Å². The number of halogens is 1. The maximum atomic E-state index is 14.0. The molecule has 2 aliphatic rings. The summed E-state index contributed by atoms with van der Waals surface area (Å²) in [4.78, 5) is 11.3. The number of nitrogens with two attached hydrogens (primary N) is 1. The lowest BCUT2D eigenvalue weighted by Gasteiger charge is -2.27. The molecule has 130 valence electrons. The molecule has 5 nitrogen and oxygen atoms in total. The zero-order chi connectivity index (χ0) is 17.8. The van der Waals surface area contributed by atoms with Crippen molar-refractivity contribution in [1.29, 1.82) is 5.41 Å². The van der Waals surface area contributed by atoms with Crippen molar-refractivity contribution >= 4 is 17.3 Å². The molecule has 1 aromatic carbocycles. The number of benzene rings is 1. The average molecular weight is 340 g/mol. The van der Waals surface area contributed by atoms with E-state index in [9.17, 15) is 9.18 Å². The number of alkyl halides is 1. The van der Waals surface area contributed by atoms with Crippen LogP contribution in [0.3, 0.4) is 0 Å². The van der Waals surface area contributed by atoms with Gasteiger partial charge in [-0.25, -0.2) is 4.39 Å². The first-order chi connectivity index (χ1) is 12.1. The van der Waals surface area contributed by atoms with Gasteiger partial charge in [0.2, 0.25) is 0 Å². The highest BCUT2D eigenvalue weighted by molar-refractivity contribution is 6.28. The summed E-state index contributed by atoms with van der Waals surface area (Å²) in [5.74, 6) is -0.731. The Morgan fingerprint density at radius 1 is 1.36 bits per heavy atom. The molecule has 0 aromatic heterocycles. The van der Waals surface area contributed by atoms with E-state index in [4.69, 9.17) is 11.1 Å². The number of rotatable bonds is 4. The van der Waals surface area contributed by atoms with Crippen LogP contribution < -0.4 is 16.4 Å². The largest absolute Gasteiger partial charge is 0.366 e. The third-order valence-electron chi connectivity index (χ3n) is 4.49. The summed E-state index contributed by atoms with van der Waals surface area (Å²) < 4.78 is 14.0. The Kier molecular flexibility index (Phi) is 5.09. The van der Waals surface area contributed by atoms with E-state index in [1.54, 1.807) is 18.4 Å². The van der Waals surface area contributed by atoms with Crippen LogP contribution >= 0.6 is 0 Å². The lowest BCUT2D eigenvalue weighted by atomic mass is 9.90. The third-order valence-corrected chi connectivity index (χ3v) is 4.49. The summed E-state index contributed by atoms with van der Waals surface area (Å²) in [5.41, 5.74) is 7.91. The van der Waals surface area contributed by atoms with Crippen LogP contribution in [-0.2, 0) is 4.79 Å². The van der Waals surface area contributed by atoms with Gasteiger partial charge in [-0.1, -0.05) is 24.3 Å². The Labute approximate surface area is 146 Å². The van der Waals surface area contributed by atoms with Gasteiger partial charge in [0.15, 0.2) is 0 Å². The van der Waals surface area contributed by atoms with E-state index in [0.717, 1.165) is 17.8 Å². The molecule has 6 heteroatoms. The molecule has 1 amide bonds. The van der Waals surface area contributed by atoms with Gasteiger partial charge in [0.1, 0.15) is 6.17 Å². The first kappa shape index (κ1) is 17.1.